The first-order valence-electron chi connectivity index (χ1n) is 9.31. The number of amides is 2. The van der Waals surface area contributed by atoms with Gasteiger partial charge in [0.25, 0.3) is 11.8 Å². The van der Waals surface area contributed by atoms with Crippen molar-refractivity contribution in [2.45, 2.75) is 58.2 Å². The largest absolute Gasteiger partial charge is 0.312 e. The molecule has 0 saturated carbocycles. The van der Waals surface area contributed by atoms with Crippen LogP contribution in [0.25, 0.3) is 0 Å². The average molecular weight is 392 g/mol. The van der Waals surface area contributed by atoms with Gasteiger partial charge in [0.05, 0.1) is 17.7 Å². The molecule has 1 aromatic carbocycles. The van der Waals surface area contributed by atoms with E-state index in [1.54, 1.807) is 24.3 Å². The zero-order valence-corrected chi connectivity index (χ0v) is 17.8. The van der Waals surface area contributed by atoms with E-state index in [1.807, 2.05) is 41.5 Å². The summed E-state index contributed by atoms with van der Waals surface area (Å²) in [6.45, 7) is 12.2. The summed E-state index contributed by atoms with van der Waals surface area (Å²) in [4.78, 5) is 26.6. The number of hydrogen-bond donors (Lipinski definition) is 0. The quantitative estimate of drug-likeness (QED) is 0.349. The minimum absolute atomic E-state index is 0.121. The molecular weight excluding hydrogens is 364 g/mol. The van der Waals surface area contributed by atoms with Gasteiger partial charge >= 0.3 is 6.08 Å². The van der Waals surface area contributed by atoms with E-state index >= 15 is 0 Å². The molecule has 146 valence electrons. The van der Waals surface area contributed by atoms with Crippen molar-refractivity contribution >= 4 is 19.9 Å². The van der Waals surface area contributed by atoms with Crippen LogP contribution >= 0.6 is 0 Å². The highest BCUT2D eigenvalue weighted by Crippen LogP contribution is 2.46. The smallest absolute Gasteiger partial charge is 0.270 e. The van der Waals surface area contributed by atoms with Gasteiger partial charge in [-0.3, -0.25) is 14.5 Å². The van der Waals surface area contributed by atoms with Crippen molar-refractivity contribution in [1.29, 1.82) is 0 Å². The fourth-order valence-electron chi connectivity index (χ4n) is 4.99. The third-order valence-corrected chi connectivity index (χ3v) is 12.9. The molecule has 27 heavy (non-hydrogen) atoms. The lowest BCUT2D eigenvalue weighted by atomic mass is 10.1. The second-order valence-corrected chi connectivity index (χ2v) is 13.9. The van der Waals surface area contributed by atoms with Crippen molar-refractivity contribution in [3.63, 3.8) is 0 Å². The van der Waals surface area contributed by atoms with Crippen LogP contribution in [-0.2, 0) is 0 Å². The number of rotatable bonds is 6. The van der Waals surface area contributed by atoms with Gasteiger partial charge in [0.15, 0.2) is 0 Å². The second-order valence-electron chi connectivity index (χ2n) is 8.00. The molecule has 1 aliphatic rings. The van der Waals surface area contributed by atoms with E-state index < -0.39 is 26.0 Å². The molecule has 0 spiro atoms. The Hall–Kier alpha value is -2.04. The molecule has 0 radical (unpaired) electrons. The van der Waals surface area contributed by atoms with Crippen molar-refractivity contribution < 1.29 is 18.4 Å². The Kier molecular flexibility index (Phi) is 6.23. The van der Waals surface area contributed by atoms with Gasteiger partial charge in [-0.05, 0) is 34.0 Å². The molecule has 0 aromatic heterocycles. The SMILES string of the molecule is CC(C)[Si](C(=C=C(F)F)CN1C(=O)c2ccccc2C1=O)(C(C)C)C(C)C. The summed E-state index contributed by atoms with van der Waals surface area (Å²) in [6, 6.07) is 6.59. The zero-order chi connectivity index (χ0) is 20.5. The molecule has 2 rings (SSSR count). The van der Waals surface area contributed by atoms with E-state index in [2.05, 4.69) is 5.73 Å². The van der Waals surface area contributed by atoms with Gasteiger partial charge in [-0.1, -0.05) is 59.4 Å². The van der Waals surface area contributed by atoms with E-state index in [4.69, 9.17) is 0 Å². The molecule has 3 nitrogen and oxygen atoms in total. The highest BCUT2D eigenvalue weighted by atomic mass is 28.3. The number of nitrogens with zero attached hydrogens (tertiary/aromatic N) is 1. The van der Waals surface area contributed by atoms with Crippen LogP contribution in [0.4, 0.5) is 8.78 Å². The number of benzene rings is 1. The summed E-state index contributed by atoms with van der Waals surface area (Å²) >= 11 is 0. The van der Waals surface area contributed by atoms with Crippen LogP contribution in [0.5, 0.6) is 0 Å². The number of halogens is 2. The Bertz CT molecular complexity index is 762. The van der Waals surface area contributed by atoms with Crippen LogP contribution in [-0.4, -0.2) is 31.3 Å². The van der Waals surface area contributed by atoms with Gasteiger partial charge in [0, 0.05) is 0 Å². The molecule has 0 saturated heterocycles. The normalized spacial score (nSPS) is 14.3. The highest BCUT2D eigenvalue weighted by Gasteiger charge is 2.48. The van der Waals surface area contributed by atoms with Gasteiger partial charge in [-0.2, -0.15) is 8.78 Å². The number of hydrogen-bond acceptors (Lipinski definition) is 2. The predicted octanol–water partition coefficient (Wildman–Crippen LogP) is 5.81. The molecule has 6 heteroatoms. The Labute approximate surface area is 160 Å². The lowest BCUT2D eigenvalue weighted by Crippen LogP contribution is -2.50. The second kappa shape index (κ2) is 7.91. The van der Waals surface area contributed by atoms with Crippen LogP contribution in [0.15, 0.2) is 41.3 Å². The highest BCUT2D eigenvalue weighted by molar-refractivity contribution is 6.90. The summed E-state index contributed by atoms with van der Waals surface area (Å²) < 4.78 is 26.7. The molecular formula is C21H27F2NO2Si. The van der Waals surface area contributed by atoms with Crippen LogP contribution in [0, 0.1) is 0 Å². The maximum atomic E-state index is 13.4. The molecule has 0 bridgehead atoms. The lowest BCUT2D eigenvalue weighted by molar-refractivity contribution is 0.0669. The van der Waals surface area contributed by atoms with Gasteiger partial charge in [0.2, 0.25) is 0 Å². The summed E-state index contributed by atoms with van der Waals surface area (Å²) in [5.41, 5.74) is 3.42. The van der Waals surface area contributed by atoms with E-state index in [9.17, 15) is 18.4 Å². The van der Waals surface area contributed by atoms with Crippen molar-refractivity contribution in [3.05, 3.63) is 52.4 Å². The maximum Gasteiger partial charge on any atom is 0.312 e. The fraction of sp³-hybridized carbons (Fsp3) is 0.476. The lowest BCUT2D eigenvalue weighted by Gasteiger charge is -2.44. The Morgan fingerprint density at radius 2 is 1.33 bits per heavy atom. The summed E-state index contributed by atoms with van der Waals surface area (Å²) in [6.07, 6.45) is -1.90. The number of carbonyl (C=O) groups excluding carboxylic acids is 2. The molecule has 0 fully saturated rings. The molecule has 0 aliphatic carbocycles. The first-order chi connectivity index (χ1) is 12.5. The van der Waals surface area contributed by atoms with E-state index in [0.717, 1.165) is 4.90 Å². The molecule has 1 heterocycles. The van der Waals surface area contributed by atoms with Crippen molar-refractivity contribution in [2.24, 2.45) is 0 Å². The Morgan fingerprint density at radius 1 is 0.926 bits per heavy atom. The third kappa shape index (κ3) is 3.56. The van der Waals surface area contributed by atoms with Gasteiger partial charge < -0.3 is 0 Å². The van der Waals surface area contributed by atoms with Crippen LogP contribution in [0.3, 0.4) is 0 Å². The summed E-state index contributed by atoms with van der Waals surface area (Å²) in [5.74, 6) is -0.846. The van der Waals surface area contributed by atoms with Gasteiger partial charge in [-0.25, -0.2) is 0 Å². The number of imide groups is 1. The average Bonchev–Trinajstić information content (AvgIpc) is 2.79. The fourth-order valence-corrected chi connectivity index (χ4v) is 11.8. The van der Waals surface area contributed by atoms with Crippen LogP contribution in [0.1, 0.15) is 62.3 Å². The van der Waals surface area contributed by atoms with Gasteiger partial charge in [0.1, 0.15) is 8.07 Å². The number of fused-ring (bicyclic) bond motifs is 1. The topological polar surface area (TPSA) is 37.4 Å². The Morgan fingerprint density at radius 3 is 1.67 bits per heavy atom. The molecule has 0 atom stereocenters. The van der Waals surface area contributed by atoms with E-state index in [1.165, 1.54) is 0 Å². The molecule has 2 amide bonds. The van der Waals surface area contributed by atoms with Crippen molar-refractivity contribution in [2.75, 3.05) is 6.54 Å². The maximum absolute atomic E-state index is 13.4. The molecule has 1 aromatic rings. The monoisotopic (exact) mass is 391 g/mol. The standard InChI is InChI=1S/C21H27F2NO2Si/c1-13(2)27(14(3)4,15(5)6)16(11-19(22)23)12-24-20(25)17-9-7-8-10-18(17)21(24)26/h7-10,13-15H,12H2,1-6H3. The van der Waals surface area contributed by atoms with Crippen molar-refractivity contribution in [1.82, 2.24) is 4.90 Å². The van der Waals surface area contributed by atoms with Crippen LogP contribution < -0.4 is 0 Å². The predicted molar refractivity (Wildman–Crippen MR) is 106 cm³/mol. The minimum Gasteiger partial charge on any atom is -0.270 e. The minimum atomic E-state index is -2.49. The third-order valence-electron chi connectivity index (χ3n) is 5.83. The van der Waals surface area contributed by atoms with Gasteiger partial charge in [-0.15, -0.1) is 0 Å². The Balaban J connectivity index is 2.60. The van der Waals surface area contributed by atoms with E-state index in [0.29, 0.717) is 16.3 Å². The first-order valence-corrected chi connectivity index (χ1v) is 11.5. The molecule has 0 N–H and O–H groups in total. The van der Waals surface area contributed by atoms with E-state index in [-0.39, 0.29) is 23.2 Å². The number of carbonyl (C=O) groups is 2. The van der Waals surface area contributed by atoms with Crippen molar-refractivity contribution in [3.8, 4) is 0 Å². The van der Waals surface area contributed by atoms with Crippen LogP contribution in [0.2, 0.25) is 16.6 Å². The first kappa shape index (κ1) is 21.3. The molecule has 0 unspecified atom stereocenters. The molecule has 1 aliphatic heterocycles. The zero-order valence-electron chi connectivity index (χ0n) is 16.8. The summed E-state index contributed by atoms with van der Waals surface area (Å²) in [7, 11) is -2.49. The summed E-state index contributed by atoms with van der Waals surface area (Å²) in [5, 5.41) is 0.442.